The minimum absolute atomic E-state index is 0.0869. The fraction of sp³-hybridized carbons (Fsp3) is 0.562. The van der Waals surface area contributed by atoms with Crippen molar-refractivity contribution in [2.24, 2.45) is 7.05 Å². The third-order valence-electron chi connectivity index (χ3n) is 4.32. The highest BCUT2D eigenvalue weighted by molar-refractivity contribution is 5.78. The predicted octanol–water partition coefficient (Wildman–Crippen LogP) is 1.92. The molecule has 3 aromatic rings. The predicted molar refractivity (Wildman–Crippen MR) is 90.6 cm³/mol. The van der Waals surface area contributed by atoms with Gasteiger partial charge in [0.15, 0.2) is 11.3 Å². The van der Waals surface area contributed by atoms with E-state index >= 15 is 0 Å². The maximum Gasteiger partial charge on any atom is 0.324 e. The molecule has 1 aliphatic rings. The standard InChI is InChI=1S/C16H21N7O2/c1-10(2)14-19-16(25-21-14)23-6-4-11(5-7-23)24-15-13-12(17-9-18-15)8-22(3)20-13/h8-11H,4-7H2,1-3H3. The van der Waals surface area contributed by atoms with Gasteiger partial charge in [0.2, 0.25) is 5.88 Å². The molecule has 3 aromatic heterocycles. The van der Waals surface area contributed by atoms with Crippen molar-refractivity contribution >= 4 is 17.0 Å². The molecule has 1 fully saturated rings. The zero-order valence-corrected chi connectivity index (χ0v) is 14.6. The van der Waals surface area contributed by atoms with Crippen molar-refractivity contribution in [3.8, 4) is 5.88 Å². The molecule has 0 saturated carbocycles. The second-order valence-corrected chi connectivity index (χ2v) is 6.61. The van der Waals surface area contributed by atoms with E-state index in [0.29, 0.717) is 17.4 Å². The number of fused-ring (bicyclic) bond motifs is 1. The molecule has 1 aliphatic heterocycles. The zero-order chi connectivity index (χ0) is 17.4. The molecule has 25 heavy (non-hydrogen) atoms. The van der Waals surface area contributed by atoms with Gasteiger partial charge in [0, 0.05) is 38.9 Å². The summed E-state index contributed by atoms with van der Waals surface area (Å²) in [7, 11) is 1.86. The highest BCUT2D eigenvalue weighted by atomic mass is 16.5. The van der Waals surface area contributed by atoms with E-state index < -0.39 is 0 Å². The zero-order valence-electron chi connectivity index (χ0n) is 14.6. The molecule has 0 unspecified atom stereocenters. The first-order valence-electron chi connectivity index (χ1n) is 8.49. The van der Waals surface area contributed by atoms with Gasteiger partial charge in [0.1, 0.15) is 17.9 Å². The Labute approximate surface area is 145 Å². The smallest absolute Gasteiger partial charge is 0.324 e. The van der Waals surface area contributed by atoms with E-state index in [9.17, 15) is 0 Å². The maximum atomic E-state index is 6.09. The molecule has 9 heteroatoms. The summed E-state index contributed by atoms with van der Waals surface area (Å²) in [5.74, 6) is 1.55. The maximum absolute atomic E-state index is 6.09. The number of hydrogen-bond donors (Lipinski definition) is 0. The fourth-order valence-corrected chi connectivity index (χ4v) is 2.93. The van der Waals surface area contributed by atoms with Crippen LogP contribution in [0.3, 0.4) is 0 Å². The monoisotopic (exact) mass is 343 g/mol. The van der Waals surface area contributed by atoms with Crippen LogP contribution in [0.2, 0.25) is 0 Å². The van der Waals surface area contributed by atoms with Crippen molar-refractivity contribution in [3.63, 3.8) is 0 Å². The lowest BCUT2D eigenvalue weighted by molar-refractivity contribution is 0.163. The van der Waals surface area contributed by atoms with Crippen molar-refractivity contribution in [3.05, 3.63) is 18.3 Å². The Hall–Kier alpha value is -2.71. The first kappa shape index (κ1) is 15.8. The average Bonchev–Trinajstić information content (AvgIpc) is 3.22. The third-order valence-corrected chi connectivity index (χ3v) is 4.32. The molecule has 0 N–H and O–H groups in total. The molecule has 0 bridgehead atoms. The van der Waals surface area contributed by atoms with E-state index in [2.05, 4.69) is 44.0 Å². The van der Waals surface area contributed by atoms with Crippen LogP contribution in [-0.4, -0.2) is 49.1 Å². The summed E-state index contributed by atoms with van der Waals surface area (Å²) in [5, 5.41) is 8.41. The average molecular weight is 343 g/mol. The van der Waals surface area contributed by atoms with Gasteiger partial charge < -0.3 is 14.2 Å². The van der Waals surface area contributed by atoms with Gasteiger partial charge in [-0.2, -0.15) is 15.1 Å². The largest absolute Gasteiger partial charge is 0.473 e. The van der Waals surface area contributed by atoms with Crippen LogP contribution in [-0.2, 0) is 7.05 Å². The van der Waals surface area contributed by atoms with Gasteiger partial charge in [-0.15, -0.1) is 0 Å². The Kier molecular flexibility index (Phi) is 3.98. The molecule has 1 saturated heterocycles. The van der Waals surface area contributed by atoms with Gasteiger partial charge in [-0.05, 0) is 0 Å². The third kappa shape index (κ3) is 3.13. The van der Waals surface area contributed by atoms with Gasteiger partial charge in [-0.1, -0.05) is 19.0 Å². The lowest BCUT2D eigenvalue weighted by atomic mass is 10.1. The van der Waals surface area contributed by atoms with E-state index in [1.54, 1.807) is 4.68 Å². The minimum Gasteiger partial charge on any atom is -0.473 e. The number of piperidine rings is 1. The van der Waals surface area contributed by atoms with Crippen LogP contribution in [0.15, 0.2) is 17.0 Å². The van der Waals surface area contributed by atoms with Gasteiger partial charge in [-0.3, -0.25) is 4.68 Å². The van der Waals surface area contributed by atoms with Crippen LogP contribution < -0.4 is 9.64 Å². The Morgan fingerprint density at radius 1 is 1.24 bits per heavy atom. The van der Waals surface area contributed by atoms with Crippen LogP contribution in [0.1, 0.15) is 38.4 Å². The lowest BCUT2D eigenvalue weighted by Crippen LogP contribution is -2.38. The fourth-order valence-electron chi connectivity index (χ4n) is 2.93. The van der Waals surface area contributed by atoms with Gasteiger partial charge in [-0.25, -0.2) is 4.98 Å². The summed E-state index contributed by atoms with van der Waals surface area (Å²) in [5.41, 5.74) is 1.49. The summed E-state index contributed by atoms with van der Waals surface area (Å²) >= 11 is 0. The quantitative estimate of drug-likeness (QED) is 0.709. The number of nitrogens with zero attached hydrogens (tertiary/aromatic N) is 7. The Morgan fingerprint density at radius 2 is 2.04 bits per heavy atom. The van der Waals surface area contributed by atoms with E-state index in [4.69, 9.17) is 9.26 Å². The molecule has 0 radical (unpaired) electrons. The first-order chi connectivity index (χ1) is 12.1. The second kappa shape index (κ2) is 6.30. The Bertz CT molecular complexity index is 864. The van der Waals surface area contributed by atoms with Crippen molar-refractivity contribution < 1.29 is 9.26 Å². The van der Waals surface area contributed by atoms with E-state index in [-0.39, 0.29) is 12.0 Å². The summed E-state index contributed by atoms with van der Waals surface area (Å²) in [6.45, 7) is 5.71. The number of anilines is 1. The Morgan fingerprint density at radius 3 is 2.76 bits per heavy atom. The molecule has 132 valence electrons. The van der Waals surface area contributed by atoms with Crippen molar-refractivity contribution in [2.45, 2.75) is 38.7 Å². The van der Waals surface area contributed by atoms with Gasteiger partial charge >= 0.3 is 6.01 Å². The highest BCUT2D eigenvalue weighted by Crippen LogP contribution is 2.25. The highest BCUT2D eigenvalue weighted by Gasteiger charge is 2.25. The van der Waals surface area contributed by atoms with Crippen molar-refractivity contribution in [1.82, 2.24) is 29.9 Å². The van der Waals surface area contributed by atoms with Crippen molar-refractivity contribution in [1.29, 1.82) is 0 Å². The van der Waals surface area contributed by atoms with Crippen LogP contribution in [0.5, 0.6) is 5.88 Å². The van der Waals surface area contributed by atoms with Crippen molar-refractivity contribution in [2.75, 3.05) is 18.0 Å². The molecule has 9 nitrogen and oxygen atoms in total. The topological polar surface area (TPSA) is 95.0 Å². The second-order valence-electron chi connectivity index (χ2n) is 6.61. The molecular weight excluding hydrogens is 322 g/mol. The number of aromatic nitrogens is 6. The molecule has 0 aromatic carbocycles. The first-order valence-corrected chi connectivity index (χ1v) is 8.49. The van der Waals surface area contributed by atoms with E-state index in [1.807, 2.05) is 13.2 Å². The minimum atomic E-state index is 0.0869. The molecule has 4 rings (SSSR count). The van der Waals surface area contributed by atoms with Crippen LogP contribution in [0, 0.1) is 0 Å². The summed E-state index contributed by atoms with van der Waals surface area (Å²) in [6, 6.07) is 0.594. The SMILES string of the molecule is CC(C)c1noc(N2CCC(Oc3ncnc4cn(C)nc34)CC2)n1. The lowest BCUT2D eigenvalue weighted by Gasteiger charge is -2.30. The van der Waals surface area contributed by atoms with E-state index in [1.165, 1.54) is 6.33 Å². The van der Waals surface area contributed by atoms with Crippen LogP contribution in [0.25, 0.3) is 11.0 Å². The number of ether oxygens (including phenoxy) is 1. The van der Waals surface area contributed by atoms with E-state index in [0.717, 1.165) is 37.3 Å². The number of hydrogen-bond acceptors (Lipinski definition) is 8. The number of rotatable bonds is 4. The molecular formula is C16H21N7O2. The molecule has 4 heterocycles. The van der Waals surface area contributed by atoms with Gasteiger partial charge in [0.05, 0.1) is 6.20 Å². The normalized spacial score (nSPS) is 16.1. The molecule has 0 spiro atoms. The van der Waals surface area contributed by atoms with Crippen LogP contribution >= 0.6 is 0 Å². The van der Waals surface area contributed by atoms with Gasteiger partial charge in [0.25, 0.3) is 0 Å². The number of aryl methyl sites for hydroxylation is 1. The Balaban J connectivity index is 1.41. The summed E-state index contributed by atoms with van der Waals surface area (Å²) in [4.78, 5) is 15.0. The molecule has 0 atom stereocenters. The summed E-state index contributed by atoms with van der Waals surface area (Å²) in [6.07, 6.45) is 5.17. The molecule has 0 aliphatic carbocycles. The summed E-state index contributed by atoms with van der Waals surface area (Å²) < 4.78 is 13.2. The van der Waals surface area contributed by atoms with Crippen LogP contribution in [0.4, 0.5) is 6.01 Å². The molecule has 0 amide bonds.